The molecule has 3 rings (SSSR count). The zero-order valence-corrected chi connectivity index (χ0v) is 10.7. The van der Waals surface area contributed by atoms with E-state index in [4.69, 9.17) is 5.11 Å². The lowest BCUT2D eigenvalue weighted by Crippen LogP contribution is -2.15. The first-order valence-corrected chi connectivity index (χ1v) is 6.24. The maximum atomic E-state index is 14.1. The molecule has 0 atom stereocenters. The van der Waals surface area contributed by atoms with Crippen molar-refractivity contribution in [2.45, 2.75) is 6.54 Å². The van der Waals surface area contributed by atoms with Gasteiger partial charge in [0.2, 0.25) is 0 Å². The third-order valence-electron chi connectivity index (χ3n) is 3.36. The van der Waals surface area contributed by atoms with E-state index >= 15 is 0 Å². The van der Waals surface area contributed by atoms with Crippen LogP contribution < -0.4 is 5.43 Å². The van der Waals surface area contributed by atoms with Crippen LogP contribution in [0.3, 0.4) is 0 Å². The molecule has 1 N–H and O–H groups in total. The molecule has 0 radical (unpaired) electrons. The van der Waals surface area contributed by atoms with Gasteiger partial charge in [-0.15, -0.1) is 0 Å². The zero-order valence-electron chi connectivity index (χ0n) is 10.7. The molecule has 0 aliphatic carbocycles. The highest BCUT2D eigenvalue weighted by atomic mass is 19.1. The molecule has 0 unspecified atom stereocenters. The summed E-state index contributed by atoms with van der Waals surface area (Å²) >= 11 is 0. The smallest absolute Gasteiger partial charge is 0.197 e. The molecule has 0 saturated carbocycles. The van der Waals surface area contributed by atoms with Crippen LogP contribution in [0.25, 0.3) is 21.8 Å². The first-order valence-electron chi connectivity index (χ1n) is 6.24. The van der Waals surface area contributed by atoms with E-state index in [1.165, 1.54) is 10.6 Å². The van der Waals surface area contributed by atoms with Gasteiger partial charge in [-0.25, -0.2) is 13.2 Å². The summed E-state index contributed by atoms with van der Waals surface area (Å²) < 4.78 is 42.1. The first-order chi connectivity index (χ1) is 10.0. The molecule has 0 aliphatic heterocycles. The van der Waals surface area contributed by atoms with E-state index in [9.17, 15) is 18.0 Å². The van der Waals surface area contributed by atoms with Gasteiger partial charge in [-0.1, -0.05) is 0 Å². The van der Waals surface area contributed by atoms with Crippen LogP contribution in [0, 0.1) is 17.5 Å². The van der Waals surface area contributed by atoms with Gasteiger partial charge in [0.15, 0.2) is 11.2 Å². The van der Waals surface area contributed by atoms with Crippen molar-refractivity contribution < 1.29 is 18.3 Å². The van der Waals surface area contributed by atoms with Crippen molar-refractivity contribution >= 4 is 21.8 Å². The Morgan fingerprint density at radius 3 is 2.48 bits per heavy atom. The molecule has 0 aliphatic rings. The Balaban J connectivity index is 2.63. The maximum absolute atomic E-state index is 14.1. The van der Waals surface area contributed by atoms with Gasteiger partial charge in [-0.05, 0) is 24.3 Å². The topological polar surface area (TPSA) is 42.2 Å². The van der Waals surface area contributed by atoms with E-state index in [1.54, 1.807) is 0 Å². The predicted molar refractivity (Wildman–Crippen MR) is 72.7 cm³/mol. The second-order valence-corrected chi connectivity index (χ2v) is 4.65. The zero-order chi connectivity index (χ0) is 15.1. The van der Waals surface area contributed by atoms with Gasteiger partial charge in [-0.2, -0.15) is 0 Å². The molecule has 2 aromatic carbocycles. The van der Waals surface area contributed by atoms with Crippen LogP contribution in [0.5, 0.6) is 0 Å². The fourth-order valence-corrected chi connectivity index (χ4v) is 2.53. The Morgan fingerprint density at radius 1 is 1.00 bits per heavy atom. The second kappa shape index (κ2) is 4.89. The number of fused-ring (bicyclic) bond motifs is 2. The maximum Gasteiger partial charge on any atom is 0.197 e. The minimum absolute atomic E-state index is 0.0424. The van der Waals surface area contributed by atoms with Crippen LogP contribution in [0.4, 0.5) is 13.2 Å². The molecular weight excluding hydrogens is 283 g/mol. The average molecular weight is 293 g/mol. The molecular formula is C15H10F3NO2. The number of nitrogens with zero attached hydrogens (tertiary/aromatic N) is 1. The van der Waals surface area contributed by atoms with Gasteiger partial charge >= 0.3 is 0 Å². The number of halogens is 3. The molecule has 108 valence electrons. The Morgan fingerprint density at radius 2 is 1.76 bits per heavy atom. The minimum atomic E-state index is -0.929. The normalized spacial score (nSPS) is 11.4. The number of benzene rings is 2. The third kappa shape index (κ3) is 2.08. The van der Waals surface area contributed by atoms with E-state index in [-0.39, 0.29) is 35.0 Å². The van der Waals surface area contributed by atoms with Crippen molar-refractivity contribution in [3.63, 3.8) is 0 Å². The summed E-state index contributed by atoms with van der Waals surface area (Å²) in [5, 5.41) is 9.14. The fraction of sp³-hybridized carbons (Fsp3) is 0.133. The third-order valence-corrected chi connectivity index (χ3v) is 3.36. The number of rotatable bonds is 2. The van der Waals surface area contributed by atoms with Crippen LogP contribution in [0.15, 0.2) is 35.1 Å². The number of aliphatic hydroxyl groups is 1. The van der Waals surface area contributed by atoms with Crippen molar-refractivity contribution in [1.29, 1.82) is 0 Å². The van der Waals surface area contributed by atoms with Crippen molar-refractivity contribution in [2.24, 2.45) is 0 Å². The van der Waals surface area contributed by atoms with Crippen LogP contribution in [0.2, 0.25) is 0 Å². The van der Waals surface area contributed by atoms with Crippen molar-refractivity contribution in [3.8, 4) is 0 Å². The lowest BCUT2D eigenvalue weighted by Gasteiger charge is -2.14. The lowest BCUT2D eigenvalue weighted by molar-refractivity contribution is 0.279. The Bertz CT molecular complexity index is 918. The van der Waals surface area contributed by atoms with Crippen molar-refractivity contribution in [2.75, 3.05) is 6.61 Å². The molecule has 0 fully saturated rings. The van der Waals surface area contributed by atoms with E-state index in [0.717, 1.165) is 18.2 Å². The van der Waals surface area contributed by atoms with Crippen molar-refractivity contribution in [1.82, 2.24) is 4.57 Å². The summed E-state index contributed by atoms with van der Waals surface area (Å²) in [6, 6.07) is 5.06. The molecule has 3 nitrogen and oxygen atoms in total. The molecule has 3 aromatic rings. The van der Waals surface area contributed by atoms with Gasteiger partial charge in [-0.3, -0.25) is 4.79 Å². The van der Waals surface area contributed by atoms with Gasteiger partial charge < -0.3 is 9.67 Å². The largest absolute Gasteiger partial charge is 0.395 e. The Hall–Kier alpha value is -2.34. The van der Waals surface area contributed by atoms with Crippen LogP contribution in [0.1, 0.15) is 0 Å². The molecule has 0 spiro atoms. The summed E-state index contributed by atoms with van der Waals surface area (Å²) in [6.45, 7) is -0.375. The molecule has 6 heteroatoms. The minimum Gasteiger partial charge on any atom is -0.395 e. The quantitative estimate of drug-likeness (QED) is 0.738. The molecule has 0 saturated heterocycles. The van der Waals surface area contributed by atoms with Gasteiger partial charge in [0.05, 0.1) is 23.0 Å². The highest BCUT2D eigenvalue weighted by Gasteiger charge is 2.16. The predicted octanol–water partition coefficient (Wildman–Crippen LogP) is 2.56. The molecule has 0 amide bonds. The summed E-state index contributed by atoms with van der Waals surface area (Å²) in [5.74, 6) is -2.38. The van der Waals surface area contributed by atoms with Gasteiger partial charge in [0.1, 0.15) is 11.6 Å². The number of pyridine rings is 1. The van der Waals surface area contributed by atoms with Gasteiger partial charge in [0.25, 0.3) is 0 Å². The second-order valence-electron chi connectivity index (χ2n) is 4.65. The lowest BCUT2D eigenvalue weighted by atomic mass is 10.1. The van der Waals surface area contributed by atoms with Crippen LogP contribution in [-0.2, 0) is 6.54 Å². The highest BCUT2D eigenvalue weighted by Crippen LogP contribution is 2.23. The number of aliphatic hydroxyl groups excluding tert-OH is 1. The molecule has 1 heterocycles. The first kappa shape index (κ1) is 13.6. The Kier molecular flexibility index (Phi) is 3.17. The van der Waals surface area contributed by atoms with E-state index < -0.39 is 22.9 Å². The van der Waals surface area contributed by atoms with E-state index in [0.29, 0.717) is 6.07 Å². The van der Waals surface area contributed by atoms with Gasteiger partial charge in [0, 0.05) is 18.0 Å². The summed E-state index contributed by atoms with van der Waals surface area (Å²) in [4.78, 5) is 12.3. The average Bonchev–Trinajstić information content (AvgIpc) is 2.43. The standard InChI is InChI=1S/C15H10F3NO2/c16-8-1-2-10-13(7-8)19(3-4-20)14-11(15(10)21)5-9(17)6-12(14)18/h1-2,5-7,20H,3-4H2. The van der Waals surface area contributed by atoms with Crippen molar-refractivity contribution in [3.05, 3.63) is 58.0 Å². The fourth-order valence-electron chi connectivity index (χ4n) is 2.53. The monoisotopic (exact) mass is 293 g/mol. The Labute approximate surface area is 116 Å². The summed E-state index contributed by atoms with van der Waals surface area (Å²) in [7, 11) is 0. The SMILES string of the molecule is O=c1c2ccc(F)cc2n(CCO)c2c(F)cc(F)cc12. The van der Waals surface area contributed by atoms with E-state index in [1.807, 2.05) is 0 Å². The number of aromatic nitrogens is 1. The molecule has 0 bridgehead atoms. The van der Waals surface area contributed by atoms with E-state index in [2.05, 4.69) is 0 Å². The highest BCUT2D eigenvalue weighted by molar-refractivity contribution is 5.93. The number of hydrogen-bond acceptors (Lipinski definition) is 2. The molecule has 1 aromatic heterocycles. The molecule has 21 heavy (non-hydrogen) atoms. The van der Waals surface area contributed by atoms with Crippen LogP contribution >= 0.6 is 0 Å². The van der Waals surface area contributed by atoms with Crippen LogP contribution in [-0.4, -0.2) is 16.3 Å². The number of hydrogen-bond donors (Lipinski definition) is 1. The summed E-state index contributed by atoms with van der Waals surface area (Å²) in [5.41, 5.74) is -0.562. The summed E-state index contributed by atoms with van der Waals surface area (Å²) in [6.07, 6.45) is 0.